The van der Waals surface area contributed by atoms with Crippen LogP contribution >= 0.6 is 11.3 Å². The van der Waals surface area contributed by atoms with Gasteiger partial charge < -0.3 is 15.0 Å². The highest BCUT2D eigenvalue weighted by Crippen LogP contribution is 2.25. The van der Waals surface area contributed by atoms with Crippen LogP contribution in [0.15, 0.2) is 34.0 Å². The van der Waals surface area contributed by atoms with E-state index in [-0.39, 0.29) is 29.3 Å². The molecular weight excluding hydrogens is 464 g/mol. The van der Waals surface area contributed by atoms with Gasteiger partial charge in [-0.15, -0.1) is 11.3 Å². The van der Waals surface area contributed by atoms with Crippen LogP contribution in [0.4, 0.5) is 0 Å². The first-order chi connectivity index (χ1) is 15.8. The third kappa shape index (κ3) is 5.16. The number of H-pyrrole nitrogens is 1. The van der Waals surface area contributed by atoms with Crippen molar-refractivity contribution >= 4 is 37.5 Å². The average molecular weight is 491 g/mol. The number of thiophene rings is 1. The molecule has 0 atom stereocenters. The van der Waals surface area contributed by atoms with Gasteiger partial charge in [0.2, 0.25) is 15.9 Å². The van der Waals surface area contributed by atoms with Crippen molar-refractivity contribution in [2.75, 3.05) is 26.3 Å². The van der Waals surface area contributed by atoms with E-state index in [1.165, 1.54) is 15.6 Å². The number of nitrogens with zero attached hydrogens (tertiary/aromatic N) is 2. The maximum atomic E-state index is 12.7. The SMILES string of the molecule is Cc1sc2nc(CCC(=O)NCc3ccc(S(=O)(=O)N4CCOCC4)cc3)[nH]c(=O)c2c1C. The Labute approximate surface area is 195 Å². The van der Waals surface area contributed by atoms with Crippen LogP contribution in [-0.4, -0.2) is 54.9 Å². The highest BCUT2D eigenvalue weighted by molar-refractivity contribution is 7.89. The molecule has 33 heavy (non-hydrogen) atoms. The van der Waals surface area contributed by atoms with Crippen LogP contribution in [-0.2, 0) is 32.5 Å². The zero-order valence-corrected chi connectivity index (χ0v) is 20.1. The summed E-state index contributed by atoms with van der Waals surface area (Å²) in [7, 11) is -3.54. The van der Waals surface area contributed by atoms with E-state index in [4.69, 9.17) is 4.74 Å². The van der Waals surface area contributed by atoms with Crippen molar-refractivity contribution in [3.05, 3.63) is 56.4 Å². The smallest absolute Gasteiger partial charge is 0.259 e. The molecule has 1 aromatic carbocycles. The van der Waals surface area contributed by atoms with Crippen LogP contribution in [0.3, 0.4) is 0 Å². The first-order valence-electron chi connectivity index (χ1n) is 10.7. The van der Waals surface area contributed by atoms with Gasteiger partial charge in [-0.1, -0.05) is 12.1 Å². The molecule has 1 aliphatic rings. The minimum Gasteiger partial charge on any atom is -0.379 e. The maximum absolute atomic E-state index is 12.7. The number of aromatic amines is 1. The lowest BCUT2D eigenvalue weighted by Gasteiger charge is -2.26. The Kier molecular flexibility index (Phi) is 6.94. The second-order valence-corrected chi connectivity index (χ2v) is 11.1. The summed E-state index contributed by atoms with van der Waals surface area (Å²) >= 11 is 1.48. The number of aromatic nitrogens is 2. The topological polar surface area (TPSA) is 121 Å². The number of amides is 1. The molecule has 0 radical (unpaired) electrons. The standard InChI is InChI=1S/C22H26N4O5S2/c1-14-15(2)32-22-20(14)21(28)24-18(25-22)7-8-19(27)23-13-16-3-5-17(6-4-16)33(29,30)26-9-11-31-12-10-26/h3-6H,7-13H2,1-2H3,(H,23,27)(H,24,25,28). The number of fused-ring (bicyclic) bond motifs is 1. The molecule has 1 aliphatic heterocycles. The van der Waals surface area contributed by atoms with Crippen LogP contribution in [0.1, 0.15) is 28.2 Å². The minimum atomic E-state index is -3.54. The van der Waals surface area contributed by atoms with E-state index in [2.05, 4.69) is 15.3 Å². The number of rotatable bonds is 7. The van der Waals surface area contributed by atoms with Crippen molar-refractivity contribution in [3.8, 4) is 0 Å². The number of sulfonamides is 1. The molecule has 0 spiro atoms. The molecule has 3 aromatic rings. The number of carbonyl (C=O) groups excluding carboxylic acids is 1. The van der Waals surface area contributed by atoms with Gasteiger partial charge in [0, 0.05) is 37.4 Å². The summed E-state index contributed by atoms with van der Waals surface area (Å²) in [5, 5.41) is 3.44. The Hall–Kier alpha value is -2.60. The average Bonchev–Trinajstić information content (AvgIpc) is 3.10. The van der Waals surface area contributed by atoms with E-state index in [9.17, 15) is 18.0 Å². The van der Waals surface area contributed by atoms with Crippen LogP contribution in [0.25, 0.3) is 10.2 Å². The number of aryl methyl sites for hydroxylation is 3. The van der Waals surface area contributed by atoms with E-state index in [0.29, 0.717) is 48.8 Å². The highest BCUT2D eigenvalue weighted by Gasteiger charge is 2.26. The molecule has 2 aromatic heterocycles. The third-order valence-electron chi connectivity index (χ3n) is 5.70. The Balaban J connectivity index is 1.32. The van der Waals surface area contributed by atoms with Crippen LogP contribution < -0.4 is 10.9 Å². The second-order valence-electron chi connectivity index (χ2n) is 7.91. The number of morpholine rings is 1. The summed E-state index contributed by atoms with van der Waals surface area (Å²) in [6.45, 7) is 5.63. The monoisotopic (exact) mass is 490 g/mol. The van der Waals surface area contributed by atoms with Gasteiger partial charge in [0.15, 0.2) is 0 Å². The van der Waals surface area contributed by atoms with Crippen molar-refractivity contribution in [1.29, 1.82) is 0 Å². The van der Waals surface area contributed by atoms with E-state index < -0.39 is 10.0 Å². The number of hydrogen-bond donors (Lipinski definition) is 2. The van der Waals surface area contributed by atoms with Crippen LogP contribution in [0, 0.1) is 13.8 Å². The van der Waals surface area contributed by atoms with Crippen molar-refractivity contribution < 1.29 is 17.9 Å². The fourth-order valence-electron chi connectivity index (χ4n) is 3.65. The molecule has 0 saturated carbocycles. The largest absolute Gasteiger partial charge is 0.379 e. The highest BCUT2D eigenvalue weighted by atomic mass is 32.2. The molecule has 0 aliphatic carbocycles. The Morgan fingerprint density at radius 2 is 1.91 bits per heavy atom. The molecule has 9 nitrogen and oxygen atoms in total. The van der Waals surface area contributed by atoms with Gasteiger partial charge in [0.05, 0.1) is 23.5 Å². The van der Waals surface area contributed by atoms with Crippen molar-refractivity contribution in [2.24, 2.45) is 0 Å². The first-order valence-corrected chi connectivity index (χ1v) is 12.9. The molecule has 0 bridgehead atoms. The van der Waals surface area contributed by atoms with Crippen molar-refractivity contribution in [1.82, 2.24) is 19.6 Å². The van der Waals surface area contributed by atoms with Gasteiger partial charge >= 0.3 is 0 Å². The summed E-state index contributed by atoms with van der Waals surface area (Å²) in [5.41, 5.74) is 1.56. The van der Waals surface area contributed by atoms with E-state index in [1.807, 2.05) is 13.8 Å². The quantitative estimate of drug-likeness (QED) is 0.522. The number of nitrogens with one attached hydrogen (secondary N) is 2. The van der Waals surface area contributed by atoms with E-state index in [1.54, 1.807) is 24.3 Å². The van der Waals surface area contributed by atoms with Gasteiger partial charge in [0.1, 0.15) is 10.7 Å². The van der Waals surface area contributed by atoms with Gasteiger partial charge in [-0.3, -0.25) is 9.59 Å². The zero-order valence-electron chi connectivity index (χ0n) is 18.5. The Morgan fingerprint density at radius 1 is 1.21 bits per heavy atom. The molecule has 0 unspecified atom stereocenters. The summed E-state index contributed by atoms with van der Waals surface area (Å²) < 4.78 is 32.0. The lowest BCUT2D eigenvalue weighted by atomic mass is 10.2. The second kappa shape index (κ2) is 9.72. The normalized spacial score (nSPS) is 15.1. The molecule has 1 saturated heterocycles. The molecule has 11 heteroatoms. The Morgan fingerprint density at radius 3 is 2.61 bits per heavy atom. The Bertz CT molecular complexity index is 1320. The van der Waals surface area contributed by atoms with Gasteiger partial charge in [-0.2, -0.15) is 4.31 Å². The van der Waals surface area contributed by atoms with Gasteiger partial charge in [-0.25, -0.2) is 13.4 Å². The maximum Gasteiger partial charge on any atom is 0.259 e. The number of ether oxygens (including phenoxy) is 1. The minimum absolute atomic E-state index is 0.177. The molecule has 176 valence electrons. The summed E-state index contributed by atoms with van der Waals surface area (Å²) in [6, 6.07) is 6.51. The fraction of sp³-hybridized carbons (Fsp3) is 0.409. The fourth-order valence-corrected chi connectivity index (χ4v) is 6.11. The first kappa shape index (κ1) is 23.6. The lowest BCUT2D eigenvalue weighted by molar-refractivity contribution is -0.121. The van der Waals surface area contributed by atoms with Crippen molar-refractivity contribution in [3.63, 3.8) is 0 Å². The van der Waals surface area contributed by atoms with Gasteiger partial charge in [0.25, 0.3) is 5.56 Å². The van der Waals surface area contributed by atoms with Crippen LogP contribution in [0.5, 0.6) is 0 Å². The molecule has 1 amide bonds. The molecule has 4 rings (SSSR count). The summed E-state index contributed by atoms with van der Waals surface area (Å²) in [6.07, 6.45) is 0.505. The number of benzene rings is 1. The van der Waals surface area contributed by atoms with Crippen LogP contribution in [0.2, 0.25) is 0 Å². The number of carbonyl (C=O) groups is 1. The van der Waals surface area contributed by atoms with Gasteiger partial charge in [-0.05, 0) is 37.1 Å². The van der Waals surface area contributed by atoms with E-state index >= 15 is 0 Å². The molecule has 2 N–H and O–H groups in total. The summed E-state index contributed by atoms with van der Waals surface area (Å²) in [5.74, 6) is 0.308. The van der Waals surface area contributed by atoms with E-state index in [0.717, 1.165) is 16.0 Å². The predicted molar refractivity (Wildman–Crippen MR) is 126 cm³/mol. The predicted octanol–water partition coefficient (Wildman–Crippen LogP) is 1.87. The third-order valence-corrected chi connectivity index (χ3v) is 8.71. The molecule has 1 fully saturated rings. The summed E-state index contributed by atoms with van der Waals surface area (Å²) in [4.78, 5) is 33.9. The lowest BCUT2D eigenvalue weighted by Crippen LogP contribution is -2.40. The molecular formula is C22H26N4O5S2. The molecule has 3 heterocycles. The number of hydrogen-bond acceptors (Lipinski definition) is 7. The van der Waals surface area contributed by atoms with Crippen molar-refractivity contribution in [2.45, 2.75) is 38.1 Å². The zero-order chi connectivity index (χ0) is 23.6.